The van der Waals surface area contributed by atoms with E-state index in [9.17, 15) is 0 Å². The summed E-state index contributed by atoms with van der Waals surface area (Å²) >= 11 is 0. The van der Waals surface area contributed by atoms with Crippen LogP contribution in [0.3, 0.4) is 0 Å². The van der Waals surface area contributed by atoms with Crippen molar-refractivity contribution in [2.75, 3.05) is 26.7 Å². The largest absolute Gasteiger partial charge is 0.440 e. The van der Waals surface area contributed by atoms with Crippen molar-refractivity contribution in [3.05, 3.63) is 42.3 Å². The topological polar surface area (TPSA) is 41.3 Å². The van der Waals surface area contributed by atoms with Crippen LogP contribution in [0.1, 0.15) is 38.0 Å². The number of nitrogens with zero attached hydrogens (tertiary/aromatic N) is 2. The van der Waals surface area contributed by atoms with Crippen molar-refractivity contribution >= 4 is 0 Å². The Morgan fingerprint density at radius 3 is 2.74 bits per heavy atom. The summed E-state index contributed by atoms with van der Waals surface area (Å²) in [6.45, 7) is 5.66. The first-order chi connectivity index (χ1) is 11.2. The van der Waals surface area contributed by atoms with E-state index >= 15 is 0 Å². The highest BCUT2D eigenvalue weighted by molar-refractivity contribution is 5.52. The quantitative estimate of drug-likeness (QED) is 0.882. The monoisotopic (exact) mass is 313 g/mol. The predicted octanol–water partition coefficient (Wildman–Crippen LogP) is 3.72. The number of hydrogen-bond acceptors (Lipinski definition) is 4. The molecular weight excluding hydrogens is 286 g/mol. The molecule has 0 bridgehead atoms. The van der Waals surface area contributed by atoms with E-state index in [0.29, 0.717) is 5.89 Å². The van der Waals surface area contributed by atoms with Crippen molar-refractivity contribution in [1.82, 2.24) is 15.2 Å². The average molecular weight is 313 g/mol. The van der Waals surface area contributed by atoms with Crippen molar-refractivity contribution in [2.45, 2.75) is 32.2 Å². The van der Waals surface area contributed by atoms with Crippen LogP contribution in [0.5, 0.6) is 0 Å². The van der Waals surface area contributed by atoms with Crippen LogP contribution in [0.2, 0.25) is 0 Å². The van der Waals surface area contributed by atoms with E-state index in [-0.39, 0.29) is 6.04 Å². The molecule has 4 heteroatoms. The Balaban J connectivity index is 1.47. The second-order valence-corrected chi connectivity index (χ2v) is 6.64. The summed E-state index contributed by atoms with van der Waals surface area (Å²) in [5.74, 6) is 2.47. The summed E-state index contributed by atoms with van der Waals surface area (Å²) in [6, 6.07) is 10.2. The molecule has 2 heterocycles. The highest BCUT2D eigenvalue weighted by atomic mass is 16.4. The molecule has 1 N–H and O–H groups in total. The zero-order valence-corrected chi connectivity index (χ0v) is 14.2. The van der Waals surface area contributed by atoms with Crippen LogP contribution in [0.4, 0.5) is 0 Å². The Bertz CT molecular complexity index is 588. The van der Waals surface area contributed by atoms with Gasteiger partial charge in [-0.2, -0.15) is 0 Å². The van der Waals surface area contributed by atoms with Crippen LogP contribution < -0.4 is 5.32 Å². The van der Waals surface area contributed by atoms with Gasteiger partial charge in [0.25, 0.3) is 0 Å². The maximum Gasteiger partial charge on any atom is 0.226 e. The molecule has 0 spiro atoms. The Morgan fingerprint density at radius 1 is 1.26 bits per heavy atom. The fourth-order valence-electron chi connectivity index (χ4n) is 3.16. The number of benzene rings is 1. The fourth-order valence-corrected chi connectivity index (χ4v) is 3.16. The Kier molecular flexibility index (Phi) is 5.47. The van der Waals surface area contributed by atoms with Crippen LogP contribution in [0, 0.1) is 5.92 Å². The summed E-state index contributed by atoms with van der Waals surface area (Å²) in [5, 5.41) is 3.57. The molecule has 1 saturated heterocycles. The third-order valence-electron chi connectivity index (χ3n) is 4.81. The van der Waals surface area contributed by atoms with Gasteiger partial charge < -0.3 is 14.6 Å². The van der Waals surface area contributed by atoms with Crippen LogP contribution in [-0.2, 0) is 0 Å². The van der Waals surface area contributed by atoms with Gasteiger partial charge in [-0.05, 0) is 70.9 Å². The molecule has 0 amide bonds. The Labute approximate surface area is 138 Å². The van der Waals surface area contributed by atoms with Gasteiger partial charge >= 0.3 is 0 Å². The number of oxazole rings is 1. The molecule has 1 aromatic carbocycles. The summed E-state index contributed by atoms with van der Waals surface area (Å²) in [7, 11) is 2.21. The predicted molar refractivity (Wildman–Crippen MR) is 93.2 cm³/mol. The molecule has 4 nitrogen and oxygen atoms in total. The molecule has 1 atom stereocenters. The number of likely N-dealkylation sites (tertiary alicyclic amines) is 1. The van der Waals surface area contributed by atoms with Crippen molar-refractivity contribution in [3.63, 3.8) is 0 Å². The average Bonchev–Trinajstić information content (AvgIpc) is 3.07. The zero-order valence-electron chi connectivity index (χ0n) is 14.2. The molecule has 1 unspecified atom stereocenters. The number of aromatic nitrogens is 1. The van der Waals surface area contributed by atoms with Crippen LogP contribution in [0.25, 0.3) is 11.5 Å². The van der Waals surface area contributed by atoms with Crippen LogP contribution in [0.15, 0.2) is 40.9 Å². The number of piperidine rings is 1. The first-order valence-corrected chi connectivity index (χ1v) is 8.65. The summed E-state index contributed by atoms with van der Waals surface area (Å²) < 4.78 is 5.91. The van der Waals surface area contributed by atoms with Gasteiger partial charge in [0.15, 0.2) is 0 Å². The van der Waals surface area contributed by atoms with Crippen molar-refractivity contribution in [2.24, 2.45) is 5.92 Å². The molecule has 0 aliphatic carbocycles. The molecule has 1 aromatic heterocycles. The first-order valence-electron chi connectivity index (χ1n) is 8.65. The second kappa shape index (κ2) is 7.75. The van der Waals surface area contributed by atoms with Crippen LogP contribution >= 0.6 is 0 Å². The SMILES string of the molecule is CC(NCCC1CCN(C)CC1)c1cnc(-c2ccccc2)o1. The number of nitrogens with one attached hydrogen (secondary N) is 1. The third-order valence-corrected chi connectivity index (χ3v) is 4.81. The maximum absolute atomic E-state index is 5.91. The van der Waals surface area contributed by atoms with E-state index in [2.05, 4.69) is 29.2 Å². The van der Waals surface area contributed by atoms with Gasteiger partial charge in [-0.1, -0.05) is 18.2 Å². The smallest absolute Gasteiger partial charge is 0.226 e. The highest BCUT2D eigenvalue weighted by Gasteiger charge is 2.17. The third kappa shape index (κ3) is 4.43. The van der Waals surface area contributed by atoms with Crippen molar-refractivity contribution in [1.29, 1.82) is 0 Å². The Morgan fingerprint density at radius 2 is 2.00 bits per heavy atom. The van der Waals surface area contributed by atoms with Gasteiger partial charge in [0.1, 0.15) is 5.76 Å². The normalized spacial score (nSPS) is 18.2. The summed E-state index contributed by atoms with van der Waals surface area (Å²) in [4.78, 5) is 6.82. The lowest BCUT2D eigenvalue weighted by Crippen LogP contribution is -2.32. The summed E-state index contributed by atoms with van der Waals surface area (Å²) in [6.07, 6.45) is 5.74. The molecule has 2 aromatic rings. The lowest BCUT2D eigenvalue weighted by atomic mass is 9.94. The lowest BCUT2D eigenvalue weighted by molar-refractivity contribution is 0.210. The standard InChI is InChI=1S/C19H27N3O/c1-15(20-11-8-16-9-12-22(2)13-10-16)18-14-21-19(23-18)17-6-4-3-5-7-17/h3-7,14-16,20H,8-13H2,1-2H3. The number of hydrogen-bond donors (Lipinski definition) is 1. The minimum absolute atomic E-state index is 0.200. The summed E-state index contributed by atoms with van der Waals surface area (Å²) in [5.41, 5.74) is 1.03. The van der Waals surface area contributed by atoms with E-state index in [1.165, 1.54) is 32.4 Å². The van der Waals surface area contributed by atoms with E-state index in [4.69, 9.17) is 4.42 Å². The molecule has 3 rings (SSSR count). The van der Waals surface area contributed by atoms with E-state index in [0.717, 1.165) is 23.8 Å². The van der Waals surface area contributed by atoms with E-state index in [1.54, 1.807) is 0 Å². The molecule has 23 heavy (non-hydrogen) atoms. The molecule has 0 saturated carbocycles. The fraction of sp³-hybridized carbons (Fsp3) is 0.526. The lowest BCUT2D eigenvalue weighted by Gasteiger charge is -2.29. The molecule has 1 aliphatic heterocycles. The molecule has 0 radical (unpaired) electrons. The molecule has 1 fully saturated rings. The maximum atomic E-state index is 5.91. The van der Waals surface area contributed by atoms with E-state index < -0.39 is 0 Å². The Hall–Kier alpha value is -1.65. The van der Waals surface area contributed by atoms with Gasteiger partial charge in [0, 0.05) is 5.56 Å². The van der Waals surface area contributed by atoms with Gasteiger partial charge in [-0.25, -0.2) is 4.98 Å². The number of rotatable bonds is 6. The minimum atomic E-state index is 0.200. The van der Waals surface area contributed by atoms with Crippen molar-refractivity contribution < 1.29 is 4.42 Å². The second-order valence-electron chi connectivity index (χ2n) is 6.64. The first kappa shape index (κ1) is 16.2. The molecule has 1 aliphatic rings. The van der Waals surface area contributed by atoms with Gasteiger partial charge in [-0.15, -0.1) is 0 Å². The van der Waals surface area contributed by atoms with Gasteiger partial charge in [0.2, 0.25) is 5.89 Å². The van der Waals surface area contributed by atoms with Gasteiger partial charge in [0.05, 0.1) is 12.2 Å². The van der Waals surface area contributed by atoms with Gasteiger partial charge in [-0.3, -0.25) is 0 Å². The molecule has 124 valence electrons. The molecular formula is C19H27N3O. The van der Waals surface area contributed by atoms with Crippen LogP contribution in [-0.4, -0.2) is 36.6 Å². The minimum Gasteiger partial charge on any atom is -0.440 e. The van der Waals surface area contributed by atoms with E-state index in [1.807, 2.05) is 36.5 Å². The van der Waals surface area contributed by atoms with Crippen molar-refractivity contribution in [3.8, 4) is 11.5 Å². The highest BCUT2D eigenvalue weighted by Crippen LogP contribution is 2.23. The zero-order chi connectivity index (χ0) is 16.1.